The summed E-state index contributed by atoms with van der Waals surface area (Å²) in [5.74, 6) is -0.837. The van der Waals surface area contributed by atoms with Gasteiger partial charge in [-0.05, 0) is 17.7 Å². The molecule has 0 saturated carbocycles. The highest BCUT2D eigenvalue weighted by atomic mass is 16.5. The number of nitrogens with zero attached hydrogens (tertiary/aromatic N) is 1. The fourth-order valence-corrected chi connectivity index (χ4v) is 2.62. The van der Waals surface area contributed by atoms with Crippen molar-refractivity contribution in [1.82, 2.24) is 10.3 Å². The third-order valence-corrected chi connectivity index (χ3v) is 3.93. The van der Waals surface area contributed by atoms with Crippen molar-refractivity contribution in [3.8, 4) is 0 Å². The van der Waals surface area contributed by atoms with Gasteiger partial charge in [-0.3, -0.25) is 9.78 Å². The Labute approximate surface area is 145 Å². The molecule has 0 bridgehead atoms. The van der Waals surface area contributed by atoms with E-state index in [1.807, 2.05) is 54.6 Å². The van der Waals surface area contributed by atoms with Crippen molar-refractivity contribution in [2.24, 2.45) is 0 Å². The number of carbonyl (C=O) groups excluding carboxylic acids is 2. The lowest BCUT2D eigenvalue weighted by Crippen LogP contribution is -2.43. The molecule has 5 heteroatoms. The molecule has 3 aromatic rings. The van der Waals surface area contributed by atoms with Gasteiger partial charge in [-0.25, -0.2) is 4.79 Å². The monoisotopic (exact) mass is 334 g/mol. The molecule has 0 radical (unpaired) electrons. The highest BCUT2D eigenvalue weighted by molar-refractivity contribution is 5.99. The number of hydrogen-bond acceptors (Lipinski definition) is 4. The number of esters is 1. The quantitative estimate of drug-likeness (QED) is 0.729. The van der Waals surface area contributed by atoms with Crippen molar-refractivity contribution in [3.05, 3.63) is 78.0 Å². The Kier molecular flexibility index (Phi) is 5.04. The maximum atomic E-state index is 12.6. The van der Waals surface area contributed by atoms with Crippen molar-refractivity contribution >= 4 is 22.8 Å². The van der Waals surface area contributed by atoms with E-state index in [9.17, 15) is 9.59 Å². The van der Waals surface area contributed by atoms with Crippen LogP contribution in [0.4, 0.5) is 0 Å². The fraction of sp³-hybridized carbons (Fsp3) is 0.150. The summed E-state index contributed by atoms with van der Waals surface area (Å²) in [7, 11) is 1.31. The van der Waals surface area contributed by atoms with Crippen LogP contribution in [0.3, 0.4) is 0 Å². The molecule has 1 amide bonds. The minimum atomic E-state index is -0.758. The number of nitrogens with one attached hydrogen (secondary N) is 1. The number of para-hydroxylation sites is 1. The van der Waals surface area contributed by atoms with Gasteiger partial charge < -0.3 is 10.1 Å². The van der Waals surface area contributed by atoms with Crippen molar-refractivity contribution in [2.45, 2.75) is 12.5 Å². The number of carbonyl (C=O) groups is 2. The van der Waals surface area contributed by atoms with Crippen LogP contribution in [-0.2, 0) is 16.0 Å². The summed E-state index contributed by atoms with van der Waals surface area (Å²) in [6.45, 7) is 0. The number of fused-ring (bicyclic) bond motifs is 1. The average molecular weight is 334 g/mol. The number of hydrogen-bond donors (Lipinski definition) is 1. The number of aromatic nitrogens is 1. The number of rotatable bonds is 5. The molecule has 1 aromatic heterocycles. The average Bonchev–Trinajstić information content (AvgIpc) is 2.67. The molecule has 0 aliphatic carbocycles. The smallest absolute Gasteiger partial charge is 0.328 e. The van der Waals surface area contributed by atoms with Gasteiger partial charge in [-0.1, -0.05) is 48.5 Å². The van der Waals surface area contributed by atoms with Crippen molar-refractivity contribution < 1.29 is 14.3 Å². The number of ether oxygens (including phenoxy) is 1. The highest BCUT2D eigenvalue weighted by Gasteiger charge is 2.22. The lowest BCUT2D eigenvalue weighted by Gasteiger charge is -2.16. The fourth-order valence-electron chi connectivity index (χ4n) is 2.62. The van der Waals surface area contributed by atoms with Crippen LogP contribution in [0.25, 0.3) is 10.9 Å². The molecule has 1 atom stereocenters. The van der Waals surface area contributed by atoms with E-state index < -0.39 is 12.0 Å². The molecule has 2 aromatic carbocycles. The van der Waals surface area contributed by atoms with Crippen LogP contribution >= 0.6 is 0 Å². The first-order valence-corrected chi connectivity index (χ1v) is 7.95. The van der Waals surface area contributed by atoms with Crippen molar-refractivity contribution in [3.63, 3.8) is 0 Å². The summed E-state index contributed by atoms with van der Waals surface area (Å²) in [4.78, 5) is 28.9. The lowest BCUT2D eigenvalue weighted by atomic mass is 10.1. The molecular formula is C20H18N2O3. The summed E-state index contributed by atoms with van der Waals surface area (Å²) >= 11 is 0. The molecule has 0 spiro atoms. The predicted molar refractivity (Wildman–Crippen MR) is 95.2 cm³/mol. The third kappa shape index (κ3) is 4.01. The molecular weight excluding hydrogens is 316 g/mol. The number of pyridine rings is 1. The molecule has 3 rings (SSSR count). The Hall–Kier alpha value is -3.21. The molecule has 126 valence electrons. The predicted octanol–water partition coefficient (Wildman–Crippen LogP) is 2.75. The molecule has 0 unspecified atom stereocenters. The van der Waals surface area contributed by atoms with Crippen LogP contribution in [0, 0.1) is 0 Å². The van der Waals surface area contributed by atoms with Crippen LogP contribution in [0.15, 0.2) is 66.9 Å². The minimum absolute atomic E-state index is 0.357. The Morgan fingerprint density at radius 3 is 2.56 bits per heavy atom. The topological polar surface area (TPSA) is 68.3 Å². The van der Waals surface area contributed by atoms with E-state index in [-0.39, 0.29) is 5.91 Å². The van der Waals surface area contributed by atoms with Crippen LogP contribution in [0.1, 0.15) is 15.9 Å². The summed E-state index contributed by atoms with van der Waals surface area (Å²) in [5, 5.41) is 3.61. The summed E-state index contributed by atoms with van der Waals surface area (Å²) in [5.41, 5.74) is 2.16. The lowest BCUT2D eigenvalue weighted by molar-refractivity contribution is -0.142. The number of amides is 1. The molecule has 0 fully saturated rings. The van der Waals surface area contributed by atoms with E-state index >= 15 is 0 Å². The Morgan fingerprint density at radius 1 is 1.08 bits per heavy atom. The number of benzene rings is 2. The molecule has 0 saturated heterocycles. The van der Waals surface area contributed by atoms with Gasteiger partial charge in [0.1, 0.15) is 6.04 Å². The SMILES string of the molecule is COC(=O)[C@@H](Cc1ccccc1)NC(=O)c1cnc2ccccc2c1. The summed E-state index contributed by atoms with van der Waals surface area (Å²) < 4.78 is 4.82. The second-order valence-corrected chi connectivity index (χ2v) is 5.66. The zero-order chi connectivity index (χ0) is 17.6. The second kappa shape index (κ2) is 7.57. The zero-order valence-corrected chi connectivity index (χ0v) is 13.8. The highest BCUT2D eigenvalue weighted by Crippen LogP contribution is 2.13. The first-order valence-electron chi connectivity index (χ1n) is 7.95. The molecule has 0 aliphatic heterocycles. The third-order valence-electron chi connectivity index (χ3n) is 3.93. The number of methoxy groups -OCH3 is 1. The van der Waals surface area contributed by atoms with Gasteiger partial charge in [0, 0.05) is 18.0 Å². The largest absolute Gasteiger partial charge is 0.467 e. The molecule has 1 heterocycles. The Morgan fingerprint density at radius 2 is 1.80 bits per heavy atom. The van der Waals surface area contributed by atoms with Gasteiger partial charge in [-0.15, -0.1) is 0 Å². The van der Waals surface area contributed by atoms with Crippen molar-refractivity contribution in [2.75, 3.05) is 7.11 Å². The first-order chi connectivity index (χ1) is 12.2. The summed E-state index contributed by atoms with van der Waals surface area (Å²) in [6, 6.07) is 18.0. The standard InChI is InChI=1S/C20H18N2O3/c1-25-20(24)18(11-14-7-3-2-4-8-14)22-19(23)16-12-15-9-5-6-10-17(15)21-13-16/h2-10,12-13,18H,11H2,1H3,(H,22,23)/t18-/m1/s1. The summed E-state index contributed by atoms with van der Waals surface area (Å²) in [6.07, 6.45) is 1.87. The van der Waals surface area contributed by atoms with Gasteiger partial charge in [0.2, 0.25) is 0 Å². The Bertz CT molecular complexity index is 894. The second-order valence-electron chi connectivity index (χ2n) is 5.66. The molecule has 5 nitrogen and oxygen atoms in total. The van der Waals surface area contributed by atoms with E-state index in [2.05, 4.69) is 10.3 Å². The van der Waals surface area contributed by atoms with Crippen LogP contribution in [-0.4, -0.2) is 30.0 Å². The van der Waals surface area contributed by atoms with Gasteiger partial charge in [0.25, 0.3) is 5.91 Å². The van der Waals surface area contributed by atoms with Crippen molar-refractivity contribution in [1.29, 1.82) is 0 Å². The zero-order valence-electron chi connectivity index (χ0n) is 13.8. The van der Waals surface area contributed by atoms with E-state index in [1.165, 1.54) is 13.3 Å². The molecule has 1 N–H and O–H groups in total. The molecule has 0 aliphatic rings. The van der Waals surface area contributed by atoms with Gasteiger partial charge in [-0.2, -0.15) is 0 Å². The Balaban J connectivity index is 1.79. The van der Waals surface area contributed by atoms with E-state index in [1.54, 1.807) is 6.07 Å². The van der Waals surface area contributed by atoms with E-state index in [0.29, 0.717) is 12.0 Å². The van der Waals surface area contributed by atoms with Crippen LogP contribution < -0.4 is 5.32 Å². The maximum absolute atomic E-state index is 12.6. The van der Waals surface area contributed by atoms with Crippen LogP contribution in [0.5, 0.6) is 0 Å². The first kappa shape index (κ1) is 16.6. The molecule has 25 heavy (non-hydrogen) atoms. The van der Waals surface area contributed by atoms with Crippen LogP contribution in [0.2, 0.25) is 0 Å². The van der Waals surface area contributed by atoms with Gasteiger partial charge >= 0.3 is 5.97 Å². The van der Waals surface area contributed by atoms with E-state index in [4.69, 9.17) is 4.74 Å². The normalized spacial score (nSPS) is 11.7. The minimum Gasteiger partial charge on any atom is -0.467 e. The van der Waals surface area contributed by atoms with Gasteiger partial charge in [0.05, 0.1) is 18.2 Å². The van der Waals surface area contributed by atoms with Gasteiger partial charge in [0.15, 0.2) is 0 Å². The maximum Gasteiger partial charge on any atom is 0.328 e. The van der Waals surface area contributed by atoms with E-state index in [0.717, 1.165) is 16.5 Å².